The second-order valence-electron chi connectivity index (χ2n) is 5.44. The van der Waals surface area contributed by atoms with Gasteiger partial charge in [0.1, 0.15) is 0 Å². The molecule has 1 aliphatic heterocycles. The van der Waals surface area contributed by atoms with Gasteiger partial charge in [-0.05, 0) is 31.6 Å². The Hall–Kier alpha value is -1.30. The van der Waals surface area contributed by atoms with Gasteiger partial charge in [-0.15, -0.1) is 0 Å². The Morgan fingerprint density at radius 3 is 2.84 bits per heavy atom. The van der Waals surface area contributed by atoms with E-state index in [1.807, 2.05) is 6.92 Å². The van der Waals surface area contributed by atoms with Crippen molar-refractivity contribution in [2.75, 3.05) is 6.61 Å². The molecule has 2 rings (SSSR count). The summed E-state index contributed by atoms with van der Waals surface area (Å²) in [6, 6.07) is 0.0749. The Balaban J connectivity index is 1.94. The van der Waals surface area contributed by atoms with Gasteiger partial charge in [0.2, 0.25) is 5.91 Å². The fraction of sp³-hybridized carbons (Fsp3) is 0.846. The second kappa shape index (κ2) is 6.23. The van der Waals surface area contributed by atoms with Gasteiger partial charge in [-0.3, -0.25) is 4.79 Å². The lowest BCUT2D eigenvalue weighted by Gasteiger charge is -2.22. The third-order valence-corrected chi connectivity index (χ3v) is 3.92. The second-order valence-corrected chi connectivity index (χ2v) is 5.44. The van der Waals surface area contributed by atoms with Crippen LogP contribution in [0.3, 0.4) is 0 Å². The molecule has 0 radical (unpaired) electrons. The minimum atomic E-state index is -0.546. The molecule has 3 unspecified atom stereocenters. The van der Waals surface area contributed by atoms with Gasteiger partial charge < -0.3 is 21.0 Å². The molecule has 6 nitrogen and oxygen atoms in total. The number of ether oxygens (including phenoxy) is 1. The van der Waals surface area contributed by atoms with Gasteiger partial charge >= 0.3 is 0 Å². The molecule has 6 heteroatoms. The van der Waals surface area contributed by atoms with Gasteiger partial charge in [0.25, 0.3) is 0 Å². The topological polar surface area (TPSA) is 96.9 Å². The number of nitrogens with two attached hydrogens (primary N) is 1. The van der Waals surface area contributed by atoms with E-state index in [-0.39, 0.29) is 23.9 Å². The Morgan fingerprint density at radius 2 is 2.26 bits per heavy atom. The first-order valence-corrected chi connectivity index (χ1v) is 7.06. The van der Waals surface area contributed by atoms with Crippen molar-refractivity contribution in [2.24, 2.45) is 22.7 Å². The van der Waals surface area contributed by atoms with Crippen molar-refractivity contribution < 1.29 is 14.7 Å². The SMILES string of the molecule is CCCC(C(=O)NC1CCOC1C1CC1)C(N)=NO. The first kappa shape index (κ1) is 14.1. The van der Waals surface area contributed by atoms with E-state index >= 15 is 0 Å². The van der Waals surface area contributed by atoms with Crippen LogP contribution in [-0.4, -0.2) is 35.7 Å². The highest BCUT2D eigenvalue weighted by molar-refractivity contribution is 6.02. The van der Waals surface area contributed by atoms with Crippen LogP contribution in [0, 0.1) is 11.8 Å². The standard InChI is InChI=1S/C13H23N3O3/c1-2-3-9(12(14)16-18)13(17)15-10-6-7-19-11(10)8-4-5-8/h8-11,18H,2-7H2,1H3,(H2,14,16)(H,15,17). The predicted octanol–water partition coefficient (Wildman–Crippen LogP) is 0.833. The van der Waals surface area contributed by atoms with Crippen LogP contribution in [0.15, 0.2) is 5.16 Å². The molecule has 1 saturated heterocycles. The van der Waals surface area contributed by atoms with E-state index < -0.39 is 5.92 Å². The number of amidine groups is 1. The van der Waals surface area contributed by atoms with E-state index in [0.717, 1.165) is 12.8 Å². The molecule has 2 aliphatic rings. The molecule has 0 aromatic carbocycles. The molecule has 2 fully saturated rings. The van der Waals surface area contributed by atoms with Crippen LogP contribution in [0.2, 0.25) is 0 Å². The van der Waals surface area contributed by atoms with E-state index in [9.17, 15) is 4.79 Å². The van der Waals surface area contributed by atoms with Crippen molar-refractivity contribution in [3.8, 4) is 0 Å². The van der Waals surface area contributed by atoms with Crippen LogP contribution in [0.5, 0.6) is 0 Å². The molecule has 0 aromatic heterocycles. The van der Waals surface area contributed by atoms with E-state index in [2.05, 4.69) is 10.5 Å². The number of nitrogens with one attached hydrogen (secondary N) is 1. The molecule has 4 N–H and O–H groups in total. The molecule has 0 aromatic rings. The molecule has 1 saturated carbocycles. The Bertz CT molecular complexity index is 355. The van der Waals surface area contributed by atoms with Gasteiger partial charge in [-0.1, -0.05) is 18.5 Å². The Kier molecular flexibility index (Phi) is 4.63. The fourth-order valence-corrected chi connectivity index (χ4v) is 2.71. The minimum absolute atomic E-state index is 0.0127. The number of hydrogen-bond acceptors (Lipinski definition) is 4. The molecule has 0 spiro atoms. The summed E-state index contributed by atoms with van der Waals surface area (Å²) in [5, 5.41) is 14.7. The van der Waals surface area contributed by atoms with Gasteiger partial charge in [-0.25, -0.2) is 0 Å². The maximum Gasteiger partial charge on any atom is 0.231 e. The molecule has 1 heterocycles. The monoisotopic (exact) mass is 269 g/mol. The summed E-state index contributed by atoms with van der Waals surface area (Å²) < 4.78 is 5.69. The maximum atomic E-state index is 12.2. The van der Waals surface area contributed by atoms with Crippen LogP contribution < -0.4 is 11.1 Å². The third-order valence-electron chi connectivity index (χ3n) is 3.92. The first-order chi connectivity index (χ1) is 9.17. The largest absolute Gasteiger partial charge is 0.409 e. The molecule has 108 valence electrons. The van der Waals surface area contributed by atoms with E-state index in [1.54, 1.807) is 0 Å². The van der Waals surface area contributed by atoms with Crippen molar-refractivity contribution in [3.63, 3.8) is 0 Å². The Morgan fingerprint density at radius 1 is 1.53 bits per heavy atom. The number of oxime groups is 1. The summed E-state index contributed by atoms with van der Waals surface area (Å²) in [6.45, 7) is 2.67. The van der Waals surface area contributed by atoms with Gasteiger partial charge in [0.05, 0.1) is 18.1 Å². The molecular formula is C13H23N3O3. The maximum absolute atomic E-state index is 12.2. The van der Waals surface area contributed by atoms with Gasteiger partial charge in [0.15, 0.2) is 5.84 Å². The number of amides is 1. The van der Waals surface area contributed by atoms with Crippen molar-refractivity contribution in [3.05, 3.63) is 0 Å². The highest BCUT2D eigenvalue weighted by Crippen LogP contribution is 2.38. The number of carbonyl (C=O) groups excluding carboxylic acids is 1. The lowest BCUT2D eigenvalue weighted by atomic mass is 9.99. The molecule has 1 amide bonds. The molecule has 19 heavy (non-hydrogen) atoms. The number of nitrogens with zero attached hydrogens (tertiary/aromatic N) is 1. The number of hydrogen-bond donors (Lipinski definition) is 3. The zero-order valence-electron chi connectivity index (χ0n) is 11.3. The van der Waals surface area contributed by atoms with Crippen LogP contribution in [0.4, 0.5) is 0 Å². The highest BCUT2D eigenvalue weighted by atomic mass is 16.5. The average molecular weight is 269 g/mol. The van der Waals surface area contributed by atoms with E-state index in [4.69, 9.17) is 15.7 Å². The normalized spacial score (nSPS) is 29.2. The summed E-state index contributed by atoms with van der Waals surface area (Å²) >= 11 is 0. The third kappa shape index (κ3) is 3.37. The lowest BCUT2D eigenvalue weighted by Crippen LogP contribution is -2.47. The zero-order valence-corrected chi connectivity index (χ0v) is 11.3. The minimum Gasteiger partial charge on any atom is -0.409 e. The van der Waals surface area contributed by atoms with E-state index in [0.29, 0.717) is 18.9 Å². The van der Waals surface area contributed by atoms with Crippen LogP contribution in [0.25, 0.3) is 0 Å². The van der Waals surface area contributed by atoms with Crippen molar-refractivity contribution in [1.29, 1.82) is 0 Å². The summed E-state index contributed by atoms with van der Waals surface area (Å²) in [7, 11) is 0. The Labute approximate surface area is 113 Å². The smallest absolute Gasteiger partial charge is 0.231 e. The van der Waals surface area contributed by atoms with Crippen molar-refractivity contribution >= 4 is 11.7 Å². The van der Waals surface area contributed by atoms with Gasteiger partial charge in [0, 0.05) is 6.61 Å². The van der Waals surface area contributed by atoms with Crippen LogP contribution >= 0.6 is 0 Å². The summed E-state index contributed by atoms with van der Waals surface area (Å²) in [5.74, 6) is -0.115. The van der Waals surface area contributed by atoms with Crippen molar-refractivity contribution in [2.45, 2.75) is 51.2 Å². The van der Waals surface area contributed by atoms with Gasteiger partial charge in [-0.2, -0.15) is 0 Å². The first-order valence-electron chi connectivity index (χ1n) is 7.06. The highest BCUT2D eigenvalue weighted by Gasteiger charge is 2.41. The zero-order chi connectivity index (χ0) is 13.8. The van der Waals surface area contributed by atoms with Crippen molar-refractivity contribution in [1.82, 2.24) is 5.32 Å². The fourth-order valence-electron chi connectivity index (χ4n) is 2.71. The quantitative estimate of drug-likeness (QED) is 0.288. The summed E-state index contributed by atoms with van der Waals surface area (Å²) in [4.78, 5) is 12.2. The predicted molar refractivity (Wildman–Crippen MR) is 70.8 cm³/mol. The molecule has 3 atom stereocenters. The molecule has 0 bridgehead atoms. The average Bonchev–Trinajstić information content (AvgIpc) is 3.15. The molecular weight excluding hydrogens is 246 g/mol. The van der Waals surface area contributed by atoms with Crippen LogP contribution in [-0.2, 0) is 9.53 Å². The number of rotatable bonds is 6. The lowest BCUT2D eigenvalue weighted by molar-refractivity contribution is -0.124. The number of carbonyl (C=O) groups is 1. The van der Waals surface area contributed by atoms with E-state index in [1.165, 1.54) is 12.8 Å². The summed E-state index contributed by atoms with van der Waals surface area (Å²) in [5.41, 5.74) is 5.59. The van der Waals surface area contributed by atoms with Crippen LogP contribution in [0.1, 0.15) is 39.0 Å². The summed E-state index contributed by atoms with van der Waals surface area (Å²) in [6.07, 6.45) is 4.77. The molecule has 1 aliphatic carbocycles.